The summed E-state index contributed by atoms with van der Waals surface area (Å²) in [5.74, 6) is 0.240. The van der Waals surface area contributed by atoms with Crippen LogP contribution in [0.5, 0.6) is 0 Å². The average molecular weight is 231 g/mol. The predicted octanol–water partition coefficient (Wildman–Crippen LogP) is 3.05. The van der Waals surface area contributed by atoms with Gasteiger partial charge in [0.25, 0.3) is 0 Å². The molecule has 2 nitrogen and oxygen atoms in total. The van der Waals surface area contributed by atoms with Gasteiger partial charge in [-0.1, -0.05) is 23.8 Å². The Kier molecular flexibility index (Phi) is 3.34. The Hall–Kier alpha value is -1.15. The molecular formula is C15H21NO. The quantitative estimate of drug-likeness (QED) is 0.745. The van der Waals surface area contributed by atoms with E-state index in [1.807, 2.05) is 31.2 Å². The van der Waals surface area contributed by atoms with Crippen LogP contribution in [-0.2, 0) is 0 Å². The van der Waals surface area contributed by atoms with Crippen molar-refractivity contribution >= 4 is 5.78 Å². The van der Waals surface area contributed by atoms with Gasteiger partial charge in [-0.05, 0) is 46.2 Å². The lowest BCUT2D eigenvalue weighted by Gasteiger charge is -2.30. The second kappa shape index (κ2) is 4.61. The Labute approximate surface area is 104 Å². The molecule has 0 bridgehead atoms. The van der Waals surface area contributed by atoms with Gasteiger partial charge in [0.05, 0.1) is 6.54 Å². The standard InChI is InChI=1S/C15H21NO/c1-12-6-4-7-13(10-12)14(17)11-16-9-5-8-15(16,2)3/h4,6-7,10H,5,8-9,11H2,1-3H3. The molecule has 0 aromatic heterocycles. The molecule has 2 heteroatoms. The van der Waals surface area contributed by atoms with Crippen LogP contribution < -0.4 is 0 Å². The summed E-state index contributed by atoms with van der Waals surface area (Å²) in [6.07, 6.45) is 2.39. The molecule has 0 saturated carbocycles. The Morgan fingerprint density at radius 1 is 1.41 bits per heavy atom. The first-order valence-corrected chi connectivity index (χ1v) is 6.34. The maximum absolute atomic E-state index is 12.2. The SMILES string of the molecule is Cc1cccc(C(=O)CN2CCCC2(C)C)c1. The van der Waals surface area contributed by atoms with E-state index in [9.17, 15) is 4.79 Å². The van der Waals surface area contributed by atoms with Crippen molar-refractivity contribution in [2.75, 3.05) is 13.1 Å². The fourth-order valence-electron chi connectivity index (χ4n) is 2.54. The zero-order chi connectivity index (χ0) is 12.5. The fourth-order valence-corrected chi connectivity index (χ4v) is 2.54. The highest BCUT2D eigenvalue weighted by Crippen LogP contribution is 2.28. The molecule has 0 aliphatic carbocycles. The van der Waals surface area contributed by atoms with E-state index >= 15 is 0 Å². The second-order valence-corrected chi connectivity index (χ2v) is 5.63. The number of carbonyl (C=O) groups excluding carboxylic acids is 1. The molecule has 1 saturated heterocycles. The molecule has 17 heavy (non-hydrogen) atoms. The molecule has 1 fully saturated rings. The molecule has 1 aliphatic heterocycles. The average Bonchev–Trinajstić information content (AvgIpc) is 2.58. The van der Waals surface area contributed by atoms with Gasteiger partial charge in [-0.2, -0.15) is 0 Å². The van der Waals surface area contributed by atoms with Gasteiger partial charge in [0.1, 0.15) is 0 Å². The van der Waals surface area contributed by atoms with E-state index in [0.29, 0.717) is 6.54 Å². The first-order chi connectivity index (χ1) is 7.99. The highest BCUT2D eigenvalue weighted by Gasteiger charge is 2.32. The van der Waals surface area contributed by atoms with Crippen LogP contribution in [0, 0.1) is 6.92 Å². The van der Waals surface area contributed by atoms with Crippen LogP contribution in [0.3, 0.4) is 0 Å². The van der Waals surface area contributed by atoms with Gasteiger partial charge >= 0.3 is 0 Å². The lowest BCUT2D eigenvalue weighted by molar-refractivity contribution is 0.0871. The molecule has 1 aliphatic rings. The lowest BCUT2D eigenvalue weighted by atomic mass is 10.0. The second-order valence-electron chi connectivity index (χ2n) is 5.63. The van der Waals surface area contributed by atoms with Crippen LogP contribution in [0.1, 0.15) is 42.6 Å². The topological polar surface area (TPSA) is 20.3 Å². The molecule has 2 rings (SSSR count). The Morgan fingerprint density at radius 3 is 2.76 bits per heavy atom. The molecule has 1 aromatic carbocycles. The summed E-state index contributed by atoms with van der Waals surface area (Å²) in [5.41, 5.74) is 2.17. The zero-order valence-electron chi connectivity index (χ0n) is 11.0. The Balaban J connectivity index is 2.07. The predicted molar refractivity (Wildman–Crippen MR) is 70.4 cm³/mol. The highest BCUT2D eigenvalue weighted by molar-refractivity contribution is 5.97. The van der Waals surface area contributed by atoms with E-state index in [4.69, 9.17) is 0 Å². The maximum Gasteiger partial charge on any atom is 0.176 e. The Bertz CT molecular complexity index is 423. The van der Waals surface area contributed by atoms with Crippen molar-refractivity contribution in [3.8, 4) is 0 Å². The number of rotatable bonds is 3. The van der Waals surface area contributed by atoms with Gasteiger partial charge in [0, 0.05) is 11.1 Å². The van der Waals surface area contributed by atoms with Crippen molar-refractivity contribution in [2.24, 2.45) is 0 Å². The molecule has 0 radical (unpaired) electrons. The molecule has 0 atom stereocenters. The monoisotopic (exact) mass is 231 g/mol. The van der Waals surface area contributed by atoms with Gasteiger partial charge in [0.2, 0.25) is 0 Å². The largest absolute Gasteiger partial charge is 0.293 e. The van der Waals surface area contributed by atoms with Gasteiger partial charge in [-0.15, -0.1) is 0 Å². The molecule has 92 valence electrons. The first kappa shape index (κ1) is 12.3. The number of aryl methyl sites for hydroxylation is 1. The van der Waals surface area contributed by atoms with Crippen molar-refractivity contribution in [3.63, 3.8) is 0 Å². The molecule has 0 amide bonds. The van der Waals surface area contributed by atoms with Gasteiger partial charge in [-0.3, -0.25) is 9.69 Å². The number of nitrogens with zero attached hydrogens (tertiary/aromatic N) is 1. The van der Waals surface area contributed by atoms with Crippen LogP contribution in [0.2, 0.25) is 0 Å². The van der Waals surface area contributed by atoms with Crippen LogP contribution >= 0.6 is 0 Å². The molecule has 0 unspecified atom stereocenters. The van der Waals surface area contributed by atoms with Crippen LogP contribution in [0.4, 0.5) is 0 Å². The minimum absolute atomic E-state index is 0.180. The van der Waals surface area contributed by atoms with Crippen molar-refractivity contribution in [1.29, 1.82) is 0 Å². The van der Waals surface area contributed by atoms with Gasteiger partial charge < -0.3 is 0 Å². The summed E-state index contributed by atoms with van der Waals surface area (Å²) in [7, 11) is 0. The minimum Gasteiger partial charge on any atom is -0.293 e. The number of benzene rings is 1. The van der Waals surface area contributed by atoms with Crippen LogP contribution in [-0.4, -0.2) is 29.3 Å². The number of ketones is 1. The third-order valence-electron chi connectivity index (χ3n) is 3.75. The third-order valence-corrected chi connectivity index (χ3v) is 3.75. The smallest absolute Gasteiger partial charge is 0.176 e. The molecule has 0 spiro atoms. The highest BCUT2D eigenvalue weighted by atomic mass is 16.1. The van der Waals surface area contributed by atoms with Crippen molar-refractivity contribution < 1.29 is 4.79 Å². The molecule has 1 aromatic rings. The molecular weight excluding hydrogens is 210 g/mol. The van der Waals surface area contributed by atoms with E-state index in [1.165, 1.54) is 12.8 Å². The number of hydrogen-bond acceptors (Lipinski definition) is 2. The van der Waals surface area contributed by atoms with Gasteiger partial charge in [-0.25, -0.2) is 0 Å². The van der Waals surface area contributed by atoms with E-state index in [-0.39, 0.29) is 11.3 Å². The van der Waals surface area contributed by atoms with E-state index < -0.39 is 0 Å². The minimum atomic E-state index is 0.180. The Morgan fingerprint density at radius 2 is 2.18 bits per heavy atom. The fraction of sp³-hybridized carbons (Fsp3) is 0.533. The maximum atomic E-state index is 12.2. The zero-order valence-corrected chi connectivity index (χ0v) is 11.0. The van der Waals surface area contributed by atoms with Crippen molar-refractivity contribution in [3.05, 3.63) is 35.4 Å². The summed E-state index contributed by atoms with van der Waals surface area (Å²) < 4.78 is 0. The normalized spacial score (nSPS) is 19.5. The number of likely N-dealkylation sites (tertiary alicyclic amines) is 1. The van der Waals surface area contributed by atoms with E-state index in [1.54, 1.807) is 0 Å². The van der Waals surface area contributed by atoms with E-state index in [2.05, 4.69) is 18.7 Å². The summed E-state index contributed by atoms with van der Waals surface area (Å²) in [6.45, 7) is 8.07. The summed E-state index contributed by atoms with van der Waals surface area (Å²) >= 11 is 0. The molecule has 1 heterocycles. The van der Waals surface area contributed by atoms with Gasteiger partial charge in [0.15, 0.2) is 5.78 Å². The number of Topliss-reactive ketones (excluding diaryl/α,β-unsaturated/α-hetero) is 1. The van der Waals surface area contributed by atoms with Crippen LogP contribution in [0.15, 0.2) is 24.3 Å². The summed E-state index contributed by atoms with van der Waals surface area (Å²) in [6, 6.07) is 7.87. The van der Waals surface area contributed by atoms with Crippen molar-refractivity contribution in [1.82, 2.24) is 4.90 Å². The third kappa shape index (κ3) is 2.75. The first-order valence-electron chi connectivity index (χ1n) is 6.34. The van der Waals surface area contributed by atoms with Crippen LogP contribution in [0.25, 0.3) is 0 Å². The lowest BCUT2D eigenvalue weighted by Crippen LogP contribution is -2.41. The summed E-state index contributed by atoms with van der Waals surface area (Å²) in [4.78, 5) is 14.5. The number of carbonyl (C=O) groups is 1. The van der Waals surface area contributed by atoms with Crippen molar-refractivity contribution in [2.45, 2.75) is 39.2 Å². The summed E-state index contributed by atoms with van der Waals surface area (Å²) in [5, 5.41) is 0. The number of hydrogen-bond donors (Lipinski definition) is 0. The van der Waals surface area contributed by atoms with E-state index in [0.717, 1.165) is 17.7 Å². The molecule has 0 N–H and O–H groups in total.